The summed E-state index contributed by atoms with van der Waals surface area (Å²) in [5.74, 6) is 0.542. The second-order valence-corrected chi connectivity index (χ2v) is 7.91. The minimum absolute atomic E-state index is 0.0523. The highest BCUT2D eigenvalue weighted by Crippen LogP contribution is 2.55. The van der Waals surface area contributed by atoms with Gasteiger partial charge in [0.15, 0.2) is 5.60 Å². The van der Waals surface area contributed by atoms with Crippen molar-refractivity contribution in [1.82, 2.24) is 4.90 Å². The Kier molecular flexibility index (Phi) is 5.28. The quantitative estimate of drug-likeness (QED) is 0.536. The van der Waals surface area contributed by atoms with Gasteiger partial charge in [-0.25, -0.2) is 0 Å². The molecule has 2 aliphatic rings. The summed E-state index contributed by atoms with van der Waals surface area (Å²) in [7, 11) is 5.86. The highest BCUT2D eigenvalue weighted by atomic mass is 16.6. The Morgan fingerprint density at radius 3 is 2.62 bits per heavy atom. The predicted molar refractivity (Wildman–Crippen MR) is 113 cm³/mol. The number of hydrogen-bond donors (Lipinski definition) is 0. The molecular formula is C23H27N3O3. The number of carbonyl (C=O) groups is 1. The highest BCUT2D eigenvalue weighted by molar-refractivity contribution is 6.15. The Morgan fingerprint density at radius 1 is 1.14 bits per heavy atom. The topological polar surface area (TPSA) is 54.4 Å². The van der Waals surface area contributed by atoms with Gasteiger partial charge in [0.2, 0.25) is 0 Å². The van der Waals surface area contributed by atoms with Crippen molar-refractivity contribution in [2.24, 2.45) is 11.1 Å². The Morgan fingerprint density at radius 2 is 1.86 bits per heavy atom. The van der Waals surface area contributed by atoms with Crippen LogP contribution in [0.4, 0.5) is 5.69 Å². The molecular weight excluding hydrogens is 366 g/mol. The van der Waals surface area contributed by atoms with Crippen LogP contribution in [0.1, 0.15) is 18.4 Å². The van der Waals surface area contributed by atoms with Gasteiger partial charge in [0.1, 0.15) is 12.4 Å². The summed E-state index contributed by atoms with van der Waals surface area (Å²) in [6.45, 7) is 1.49. The lowest BCUT2D eigenvalue weighted by Gasteiger charge is -2.29. The second-order valence-electron chi connectivity index (χ2n) is 7.91. The van der Waals surface area contributed by atoms with Crippen molar-refractivity contribution in [3.8, 4) is 5.75 Å². The molecule has 0 radical (unpaired) electrons. The molecule has 0 N–H and O–H groups in total. The third-order valence-corrected chi connectivity index (χ3v) is 5.51. The van der Waals surface area contributed by atoms with Crippen molar-refractivity contribution in [2.45, 2.75) is 18.4 Å². The van der Waals surface area contributed by atoms with E-state index in [2.05, 4.69) is 10.1 Å². The molecule has 2 unspecified atom stereocenters. The van der Waals surface area contributed by atoms with E-state index in [9.17, 15) is 4.79 Å². The number of oxime groups is 1. The first-order valence-electron chi connectivity index (χ1n) is 9.99. The van der Waals surface area contributed by atoms with Gasteiger partial charge in [-0.05, 0) is 44.8 Å². The maximum absolute atomic E-state index is 13.4. The number of nitrogens with zero attached hydrogens (tertiary/aromatic N) is 3. The summed E-state index contributed by atoms with van der Waals surface area (Å²) < 4.78 is 6.25. The second kappa shape index (κ2) is 7.87. The van der Waals surface area contributed by atoms with Crippen LogP contribution >= 0.6 is 0 Å². The molecule has 1 saturated carbocycles. The summed E-state index contributed by atoms with van der Waals surface area (Å²) in [5, 5.41) is 4.45. The number of likely N-dealkylation sites (N-methyl/N-ethyl adjacent to an activating group) is 1. The molecule has 4 rings (SSSR count). The number of rotatable bonds is 7. The molecule has 1 heterocycles. The smallest absolute Gasteiger partial charge is 0.271 e. The van der Waals surface area contributed by atoms with Crippen molar-refractivity contribution < 1.29 is 14.4 Å². The van der Waals surface area contributed by atoms with Crippen LogP contribution < -0.4 is 9.64 Å². The summed E-state index contributed by atoms with van der Waals surface area (Å²) >= 11 is 0. The van der Waals surface area contributed by atoms with E-state index in [1.165, 1.54) is 0 Å². The van der Waals surface area contributed by atoms with E-state index in [4.69, 9.17) is 9.57 Å². The zero-order chi connectivity index (χ0) is 20.4. The predicted octanol–water partition coefficient (Wildman–Crippen LogP) is 3.17. The number of ether oxygens (including phenoxy) is 1. The molecule has 6 heteroatoms. The molecule has 1 amide bonds. The van der Waals surface area contributed by atoms with Crippen LogP contribution in [0, 0.1) is 5.92 Å². The summed E-state index contributed by atoms with van der Waals surface area (Å²) in [5.41, 5.74) is 1.67. The zero-order valence-corrected chi connectivity index (χ0v) is 17.2. The summed E-state index contributed by atoms with van der Waals surface area (Å²) in [4.78, 5) is 22.8. The molecule has 1 aliphatic carbocycles. The third kappa shape index (κ3) is 3.72. The van der Waals surface area contributed by atoms with Crippen LogP contribution in [-0.4, -0.2) is 56.4 Å². The van der Waals surface area contributed by atoms with Crippen LogP contribution in [0.5, 0.6) is 5.75 Å². The first kappa shape index (κ1) is 19.5. The van der Waals surface area contributed by atoms with E-state index in [1.54, 1.807) is 11.9 Å². The normalized spacial score (nSPS) is 23.2. The standard InChI is InChI=1S/C23H27N3O3/c1-25(2)14-9-15-28-24-21-18-12-7-8-13-20(18)29-23(16-19(21)23)22(27)26(3)17-10-5-4-6-11-17/h4-8,10-13,19H,9,14-16H2,1-3H3. The Balaban J connectivity index is 1.56. The largest absolute Gasteiger partial charge is 0.476 e. The van der Waals surface area contributed by atoms with Crippen LogP contribution in [-0.2, 0) is 9.63 Å². The third-order valence-electron chi connectivity index (χ3n) is 5.51. The van der Waals surface area contributed by atoms with Gasteiger partial charge in [0, 0.05) is 31.3 Å². The number of para-hydroxylation sites is 2. The molecule has 2 aromatic rings. The minimum Gasteiger partial charge on any atom is -0.476 e. The fourth-order valence-electron chi connectivity index (χ4n) is 3.83. The van der Waals surface area contributed by atoms with Gasteiger partial charge in [0.25, 0.3) is 5.91 Å². The van der Waals surface area contributed by atoms with Gasteiger partial charge in [-0.3, -0.25) is 4.79 Å². The van der Waals surface area contributed by atoms with E-state index in [-0.39, 0.29) is 11.8 Å². The summed E-state index contributed by atoms with van der Waals surface area (Å²) in [6.07, 6.45) is 1.50. The molecule has 29 heavy (non-hydrogen) atoms. The van der Waals surface area contributed by atoms with Crippen molar-refractivity contribution in [1.29, 1.82) is 0 Å². The maximum atomic E-state index is 13.4. The lowest BCUT2D eigenvalue weighted by Crippen LogP contribution is -2.46. The molecule has 6 nitrogen and oxygen atoms in total. The number of carbonyl (C=O) groups excluding carboxylic acids is 1. The highest BCUT2D eigenvalue weighted by Gasteiger charge is 2.69. The van der Waals surface area contributed by atoms with E-state index in [1.807, 2.05) is 68.7 Å². The molecule has 1 fully saturated rings. The van der Waals surface area contributed by atoms with Gasteiger partial charge in [-0.15, -0.1) is 0 Å². The monoisotopic (exact) mass is 393 g/mol. The van der Waals surface area contributed by atoms with E-state index < -0.39 is 5.60 Å². The molecule has 0 spiro atoms. The first-order chi connectivity index (χ1) is 14.0. The Labute approximate surface area is 171 Å². The number of amides is 1. The fraction of sp³-hybridized carbons (Fsp3) is 0.391. The molecule has 2 aromatic carbocycles. The van der Waals surface area contributed by atoms with Gasteiger partial charge < -0.3 is 19.4 Å². The van der Waals surface area contributed by atoms with Crippen LogP contribution in [0.3, 0.4) is 0 Å². The molecule has 1 aliphatic heterocycles. The number of hydrogen-bond acceptors (Lipinski definition) is 5. The van der Waals surface area contributed by atoms with Crippen LogP contribution in [0.2, 0.25) is 0 Å². The lowest BCUT2D eigenvalue weighted by molar-refractivity contribution is -0.127. The SMILES string of the molecule is CN(C)CCCON=C1c2ccccc2OC2(C(=O)N(C)c3ccccc3)CC12. The van der Waals surface area contributed by atoms with E-state index in [0.717, 1.165) is 29.9 Å². The van der Waals surface area contributed by atoms with Crippen LogP contribution in [0.15, 0.2) is 59.8 Å². The molecule has 0 saturated heterocycles. The molecule has 0 bridgehead atoms. The van der Waals surface area contributed by atoms with Crippen LogP contribution in [0.25, 0.3) is 0 Å². The Hall–Kier alpha value is -2.86. The minimum atomic E-state index is -0.898. The van der Waals surface area contributed by atoms with Crippen molar-refractivity contribution in [3.63, 3.8) is 0 Å². The molecule has 152 valence electrons. The lowest BCUT2D eigenvalue weighted by atomic mass is 9.99. The zero-order valence-electron chi connectivity index (χ0n) is 17.2. The van der Waals surface area contributed by atoms with E-state index in [0.29, 0.717) is 18.8 Å². The van der Waals surface area contributed by atoms with Gasteiger partial charge in [-0.1, -0.05) is 35.5 Å². The number of fused-ring (bicyclic) bond motifs is 2. The average Bonchev–Trinajstić information content (AvgIpc) is 3.47. The maximum Gasteiger partial charge on any atom is 0.271 e. The number of benzene rings is 2. The van der Waals surface area contributed by atoms with Crippen molar-refractivity contribution in [2.75, 3.05) is 39.2 Å². The number of anilines is 1. The van der Waals surface area contributed by atoms with Gasteiger partial charge in [0.05, 0.1) is 11.6 Å². The first-order valence-corrected chi connectivity index (χ1v) is 9.99. The van der Waals surface area contributed by atoms with Crippen molar-refractivity contribution >= 4 is 17.3 Å². The molecule has 2 atom stereocenters. The Bertz CT molecular complexity index is 913. The van der Waals surface area contributed by atoms with Gasteiger partial charge >= 0.3 is 0 Å². The van der Waals surface area contributed by atoms with Gasteiger partial charge in [-0.2, -0.15) is 0 Å². The van der Waals surface area contributed by atoms with Crippen molar-refractivity contribution in [3.05, 3.63) is 60.2 Å². The molecule has 0 aromatic heterocycles. The average molecular weight is 393 g/mol. The van der Waals surface area contributed by atoms with E-state index >= 15 is 0 Å². The summed E-state index contributed by atoms with van der Waals surface area (Å²) in [6, 6.07) is 17.4. The fourth-order valence-corrected chi connectivity index (χ4v) is 3.83.